The topological polar surface area (TPSA) is 0 Å². The van der Waals surface area contributed by atoms with Gasteiger partial charge in [0.15, 0.2) is 0 Å². The summed E-state index contributed by atoms with van der Waals surface area (Å²) in [4.78, 5) is -1.83. The molecule has 158 valence electrons. The van der Waals surface area contributed by atoms with Crippen LogP contribution in [0.25, 0.3) is 0 Å². The third kappa shape index (κ3) is 13.4. The minimum atomic E-state index is -9.49. The Labute approximate surface area is 157 Å². The molecule has 26 heavy (non-hydrogen) atoms. The monoisotopic (exact) mass is 404 g/mol. The van der Waals surface area contributed by atoms with Crippen LogP contribution in [0.2, 0.25) is 0 Å². The molecule has 0 fully saturated rings. The minimum absolute atomic E-state index is 0.0116. The number of hydrogen-bond acceptors (Lipinski definition) is 0. The Kier molecular flexibility index (Phi) is 11.8. The smallest absolute Gasteiger partial charge is 0.0936 e. The molecule has 0 aliphatic rings. The average molecular weight is 405 g/mol. The molecule has 0 aliphatic heterocycles. The van der Waals surface area contributed by atoms with Gasteiger partial charge >= 0.3 is 10.2 Å². The lowest BCUT2D eigenvalue weighted by Gasteiger charge is -2.40. The van der Waals surface area contributed by atoms with Gasteiger partial charge in [0.05, 0.1) is 0 Å². The Hall–Kier alpha value is -0.780. The number of rotatable bonds is 8. The molecule has 1 aromatic rings. The zero-order valence-corrected chi connectivity index (χ0v) is 18.0. The van der Waals surface area contributed by atoms with E-state index in [0.717, 1.165) is 12.1 Å². The second-order valence-corrected chi connectivity index (χ2v) is 8.87. The highest BCUT2D eigenvalue weighted by molar-refractivity contribution is 8.45. The van der Waals surface area contributed by atoms with E-state index in [-0.39, 0.29) is 5.92 Å². The fourth-order valence-electron chi connectivity index (χ4n) is 2.14. The normalized spacial score (nSPS) is 13.7. The molecule has 0 saturated heterocycles. The van der Waals surface area contributed by atoms with Gasteiger partial charge in [0.25, 0.3) is 0 Å². The van der Waals surface area contributed by atoms with E-state index in [9.17, 15) is 19.4 Å². The van der Waals surface area contributed by atoms with Crippen LogP contribution in [0.15, 0.2) is 29.2 Å². The summed E-state index contributed by atoms with van der Waals surface area (Å²) in [6.45, 7) is 12.1. The highest BCUT2D eigenvalue weighted by Gasteiger charge is 2.65. The van der Waals surface area contributed by atoms with Crippen molar-refractivity contribution in [2.24, 2.45) is 0 Å². The minimum Gasteiger partial charge on any atom is -0.0936 e. The maximum absolute atomic E-state index is 12.3. The molecule has 0 heterocycles. The Morgan fingerprint density at radius 2 is 1.04 bits per heavy atom. The fourth-order valence-corrected chi connectivity index (χ4v) is 2.79. The molecule has 1 aromatic carbocycles. The van der Waals surface area contributed by atoms with Crippen molar-refractivity contribution in [3.8, 4) is 0 Å². The molecule has 0 N–H and O–H groups in total. The van der Waals surface area contributed by atoms with Gasteiger partial charge in [-0.15, -0.1) is 0 Å². The quantitative estimate of drug-likeness (QED) is 0.298. The lowest BCUT2D eigenvalue weighted by molar-refractivity contribution is 0.364. The van der Waals surface area contributed by atoms with Gasteiger partial charge in [-0.1, -0.05) is 118 Å². The molecular weight excluding hydrogens is 367 g/mol. The van der Waals surface area contributed by atoms with E-state index in [1.165, 1.54) is 44.9 Å². The molecule has 0 spiro atoms. The maximum atomic E-state index is 12.3. The van der Waals surface area contributed by atoms with E-state index >= 15 is 0 Å². The molecule has 0 atom stereocenters. The van der Waals surface area contributed by atoms with Crippen molar-refractivity contribution >= 4 is 10.2 Å². The summed E-state index contributed by atoms with van der Waals surface area (Å²) < 4.78 is 61.4. The summed E-state index contributed by atoms with van der Waals surface area (Å²) in [5, 5.41) is 0. The molecule has 0 radical (unpaired) electrons. The van der Waals surface area contributed by atoms with Gasteiger partial charge in [0.1, 0.15) is 4.90 Å². The Bertz CT molecular complexity index is 457. The van der Waals surface area contributed by atoms with Gasteiger partial charge in [-0.2, -0.15) is 0 Å². The first kappa shape index (κ1) is 27.4. The molecule has 0 aromatic heterocycles. The van der Waals surface area contributed by atoms with E-state index in [2.05, 4.69) is 13.8 Å². The second kappa shape index (κ2) is 11.2. The van der Waals surface area contributed by atoms with E-state index in [1.807, 2.05) is 13.8 Å². The molecule has 0 nitrogen and oxygen atoms in total. The van der Waals surface area contributed by atoms with Gasteiger partial charge in [-0.25, -0.2) is 0 Å². The molecule has 0 aliphatic carbocycles. The molecule has 0 amide bonds. The number of benzene rings is 1. The first-order valence-electron chi connectivity index (χ1n) is 9.65. The van der Waals surface area contributed by atoms with Crippen molar-refractivity contribution in [3.63, 3.8) is 0 Å². The zero-order chi connectivity index (χ0) is 20.9. The Balaban J connectivity index is 0. The van der Waals surface area contributed by atoms with Crippen LogP contribution in [0.3, 0.4) is 0 Å². The predicted molar refractivity (Wildman–Crippen MR) is 107 cm³/mol. The largest absolute Gasteiger partial charge is 0.310 e. The molecule has 1 rings (SSSR count). The lowest BCUT2D eigenvalue weighted by atomic mass is 10.0. The first-order valence-corrected chi connectivity index (χ1v) is 11.6. The van der Waals surface area contributed by atoms with E-state index < -0.39 is 15.1 Å². The lowest BCUT2D eigenvalue weighted by Crippen LogP contribution is -2.05. The van der Waals surface area contributed by atoms with Crippen molar-refractivity contribution in [3.05, 3.63) is 29.8 Å². The summed E-state index contributed by atoms with van der Waals surface area (Å²) in [6, 6.07) is 3.05. The molecule has 0 bridgehead atoms. The maximum Gasteiger partial charge on any atom is 0.310 e. The third-order valence-electron chi connectivity index (χ3n) is 3.70. The van der Waals surface area contributed by atoms with Crippen molar-refractivity contribution in [1.29, 1.82) is 0 Å². The predicted octanol–water partition coefficient (Wildman–Crippen LogP) is 10.3. The number of halogens is 5. The van der Waals surface area contributed by atoms with Crippen molar-refractivity contribution in [2.45, 2.75) is 97.3 Å². The van der Waals surface area contributed by atoms with Crippen LogP contribution in [0.4, 0.5) is 19.4 Å². The molecule has 0 saturated carbocycles. The molecular formula is C20H37F5S. The van der Waals surface area contributed by atoms with E-state index in [1.54, 1.807) is 13.8 Å². The van der Waals surface area contributed by atoms with Gasteiger partial charge in [0, 0.05) is 0 Å². The summed E-state index contributed by atoms with van der Waals surface area (Å²) in [7, 11) is -9.49. The number of hydrogen-bond donors (Lipinski definition) is 0. The SMILES string of the molecule is CC.CC(C)c1ccc(S(F)(F)(F)(F)F)cc1.CCCCCCCCC. The number of unbranched alkanes of at least 4 members (excludes halogenated alkanes) is 6. The standard InChI is InChI=1S/C9H11F5S.C9H20.C2H6/c1-7(2)8-3-5-9(6-4-8)15(10,11,12,13)14;1-3-5-7-9-8-6-4-2;1-2/h3-7H,1-2H3;3-9H2,1-2H3;1-2H3. The van der Waals surface area contributed by atoms with Crippen LogP contribution in [0.5, 0.6) is 0 Å². The van der Waals surface area contributed by atoms with E-state index in [0.29, 0.717) is 17.7 Å². The third-order valence-corrected chi connectivity index (χ3v) is 4.86. The zero-order valence-electron chi connectivity index (χ0n) is 17.1. The fraction of sp³-hybridized carbons (Fsp3) is 0.700. The van der Waals surface area contributed by atoms with Crippen LogP contribution in [0.1, 0.15) is 98.0 Å². The average Bonchev–Trinajstić information content (AvgIpc) is 2.55. The van der Waals surface area contributed by atoms with Gasteiger partial charge in [-0.05, 0) is 23.6 Å². The van der Waals surface area contributed by atoms with Crippen molar-refractivity contribution < 1.29 is 19.4 Å². The van der Waals surface area contributed by atoms with Crippen LogP contribution in [-0.4, -0.2) is 0 Å². The summed E-state index contributed by atoms with van der Waals surface area (Å²) in [5.41, 5.74) is 0.598. The van der Waals surface area contributed by atoms with Crippen LogP contribution < -0.4 is 0 Å². The van der Waals surface area contributed by atoms with Gasteiger partial charge in [0.2, 0.25) is 0 Å². The van der Waals surface area contributed by atoms with Gasteiger partial charge < -0.3 is 0 Å². The van der Waals surface area contributed by atoms with Crippen LogP contribution in [-0.2, 0) is 0 Å². The van der Waals surface area contributed by atoms with Crippen molar-refractivity contribution in [2.75, 3.05) is 0 Å². The summed E-state index contributed by atoms with van der Waals surface area (Å²) >= 11 is 0. The molecule has 6 heteroatoms. The second-order valence-electron chi connectivity index (χ2n) is 6.46. The van der Waals surface area contributed by atoms with E-state index in [4.69, 9.17) is 0 Å². The molecule has 0 unspecified atom stereocenters. The Morgan fingerprint density at radius 3 is 1.31 bits per heavy atom. The first-order chi connectivity index (χ1) is 11.8. The van der Waals surface area contributed by atoms with Crippen molar-refractivity contribution in [1.82, 2.24) is 0 Å². The highest BCUT2D eigenvalue weighted by Crippen LogP contribution is 3.02. The summed E-state index contributed by atoms with van der Waals surface area (Å²) in [6.07, 6.45) is 9.97. The van der Waals surface area contributed by atoms with Gasteiger partial charge in [-0.3, -0.25) is 0 Å². The van der Waals surface area contributed by atoms with Crippen LogP contribution in [0, 0.1) is 0 Å². The van der Waals surface area contributed by atoms with Crippen LogP contribution >= 0.6 is 10.2 Å². The highest BCUT2D eigenvalue weighted by atomic mass is 32.5. The Morgan fingerprint density at radius 1 is 0.692 bits per heavy atom. The summed E-state index contributed by atoms with van der Waals surface area (Å²) in [5.74, 6) is 0.0116.